The van der Waals surface area contributed by atoms with Crippen LogP contribution in [0.25, 0.3) is 10.9 Å². The van der Waals surface area contributed by atoms with E-state index in [0.29, 0.717) is 17.7 Å². The van der Waals surface area contributed by atoms with E-state index in [2.05, 4.69) is 4.98 Å². The molecule has 1 atom stereocenters. The summed E-state index contributed by atoms with van der Waals surface area (Å²) in [5.74, 6) is 0.290. The highest BCUT2D eigenvalue weighted by Gasteiger charge is 2.36. The lowest BCUT2D eigenvalue weighted by Crippen LogP contribution is -2.40. The highest BCUT2D eigenvalue weighted by molar-refractivity contribution is 6.01. The van der Waals surface area contributed by atoms with Crippen LogP contribution < -0.4 is 4.74 Å². The van der Waals surface area contributed by atoms with Crippen molar-refractivity contribution in [1.29, 1.82) is 0 Å². The first-order valence-corrected chi connectivity index (χ1v) is 10.3. The zero-order valence-electron chi connectivity index (χ0n) is 17.6. The van der Waals surface area contributed by atoms with Crippen molar-refractivity contribution in [2.24, 2.45) is 0 Å². The Morgan fingerprint density at radius 3 is 2.65 bits per heavy atom. The van der Waals surface area contributed by atoms with Gasteiger partial charge in [-0.05, 0) is 44.5 Å². The third-order valence-electron chi connectivity index (χ3n) is 5.60. The van der Waals surface area contributed by atoms with Crippen LogP contribution in [-0.2, 0) is 22.7 Å². The summed E-state index contributed by atoms with van der Waals surface area (Å²) < 4.78 is 6.04. The molecule has 1 aliphatic rings. The van der Waals surface area contributed by atoms with E-state index in [4.69, 9.17) is 4.74 Å². The van der Waals surface area contributed by atoms with Crippen molar-refractivity contribution < 1.29 is 19.1 Å². The number of fused-ring (bicyclic) bond motifs is 2. The summed E-state index contributed by atoms with van der Waals surface area (Å²) in [6, 6.07) is 16.6. The average molecular weight is 416 g/mol. The first-order chi connectivity index (χ1) is 14.9. The van der Waals surface area contributed by atoms with E-state index in [9.17, 15) is 14.4 Å². The number of para-hydroxylation sites is 1. The van der Waals surface area contributed by atoms with Crippen molar-refractivity contribution in [3.05, 3.63) is 71.4 Å². The molecule has 1 amide bonds. The van der Waals surface area contributed by atoms with Crippen LogP contribution in [0.3, 0.4) is 0 Å². The zero-order valence-corrected chi connectivity index (χ0v) is 17.6. The summed E-state index contributed by atoms with van der Waals surface area (Å²) in [7, 11) is 0. The van der Waals surface area contributed by atoms with Gasteiger partial charge in [0.1, 0.15) is 18.1 Å². The molecule has 158 valence electrons. The van der Waals surface area contributed by atoms with E-state index in [1.807, 2.05) is 42.5 Å². The summed E-state index contributed by atoms with van der Waals surface area (Å²) >= 11 is 0. The number of hydrogen-bond acceptors (Lipinski definition) is 5. The number of aromatic nitrogens is 1. The molecule has 0 saturated carbocycles. The summed E-state index contributed by atoms with van der Waals surface area (Å²) in [5.41, 5.74) is 3.00. The van der Waals surface area contributed by atoms with Crippen LogP contribution in [0, 0.1) is 0 Å². The first-order valence-electron chi connectivity index (χ1n) is 10.3. The molecule has 2 aromatic carbocycles. The SMILES string of the molecule is CC(=O)CCC(C(C)=O)N1Cc2c(OCc3ccc4ccccc4n3)cccc2C1=O. The lowest BCUT2D eigenvalue weighted by Gasteiger charge is -2.25. The van der Waals surface area contributed by atoms with Gasteiger partial charge >= 0.3 is 0 Å². The normalized spacial score (nSPS) is 13.9. The van der Waals surface area contributed by atoms with Crippen LogP contribution in [0.2, 0.25) is 0 Å². The molecule has 6 heteroatoms. The number of benzene rings is 2. The van der Waals surface area contributed by atoms with Crippen molar-refractivity contribution in [1.82, 2.24) is 9.88 Å². The van der Waals surface area contributed by atoms with Gasteiger partial charge in [-0.25, -0.2) is 4.98 Å². The molecule has 0 spiro atoms. The fourth-order valence-electron chi connectivity index (χ4n) is 3.97. The van der Waals surface area contributed by atoms with Crippen LogP contribution in [0.5, 0.6) is 5.75 Å². The average Bonchev–Trinajstić information content (AvgIpc) is 3.09. The van der Waals surface area contributed by atoms with Gasteiger partial charge in [-0.15, -0.1) is 0 Å². The Kier molecular flexibility index (Phi) is 5.80. The number of carbonyl (C=O) groups is 3. The summed E-state index contributed by atoms with van der Waals surface area (Å²) in [6.45, 7) is 3.52. The van der Waals surface area contributed by atoms with Gasteiger partial charge in [0.15, 0.2) is 5.78 Å². The lowest BCUT2D eigenvalue weighted by molar-refractivity contribution is -0.122. The molecule has 1 unspecified atom stereocenters. The molecule has 6 nitrogen and oxygen atoms in total. The third-order valence-corrected chi connectivity index (χ3v) is 5.60. The van der Waals surface area contributed by atoms with Crippen LogP contribution in [0.4, 0.5) is 0 Å². The van der Waals surface area contributed by atoms with Gasteiger partial charge in [-0.2, -0.15) is 0 Å². The quantitative estimate of drug-likeness (QED) is 0.553. The Morgan fingerprint density at radius 2 is 1.87 bits per heavy atom. The molecular formula is C25H24N2O4. The summed E-state index contributed by atoms with van der Waals surface area (Å²) in [6.07, 6.45) is 0.600. The molecule has 3 aromatic rings. The van der Waals surface area contributed by atoms with E-state index in [0.717, 1.165) is 22.2 Å². The maximum absolute atomic E-state index is 13.0. The fourth-order valence-corrected chi connectivity index (χ4v) is 3.97. The number of carbonyl (C=O) groups excluding carboxylic acids is 3. The Labute approximate surface area is 180 Å². The van der Waals surface area contributed by atoms with Gasteiger partial charge in [0.25, 0.3) is 5.91 Å². The highest BCUT2D eigenvalue weighted by Crippen LogP contribution is 2.33. The predicted octanol–water partition coefficient (Wildman–Crippen LogP) is 4.10. The van der Waals surface area contributed by atoms with Gasteiger partial charge in [-0.1, -0.05) is 30.3 Å². The molecule has 1 aliphatic heterocycles. The van der Waals surface area contributed by atoms with Crippen molar-refractivity contribution in [2.45, 2.75) is 45.9 Å². The number of ether oxygens (including phenoxy) is 1. The number of ketones is 2. The lowest BCUT2D eigenvalue weighted by atomic mass is 10.0. The Balaban J connectivity index is 1.53. The molecule has 0 fully saturated rings. The van der Waals surface area contributed by atoms with E-state index >= 15 is 0 Å². The van der Waals surface area contributed by atoms with Crippen molar-refractivity contribution in [2.75, 3.05) is 0 Å². The van der Waals surface area contributed by atoms with Crippen LogP contribution in [0.15, 0.2) is 54.6 Å². The second-order valence-corrected chi connectivity index (χ2v) is 7.87. The van der Waals surface area contributed by atoms with E-state index in [1.165, 1.54) is 13.8 Å². The molecule has 0 saturated heterocycles. The minimum Gasteiger partial charge on any atom is -0.487 e. The third kappa shape index (κ3) is 4.33. The van der Waals surface area contributed by atoms with E-state index in [-0.39, 0.29) is 37.0 Å². The van der Waals surface area contributed by atoms with Crippen molar-refractivity contribution in [3.8, 4) is 5.75 Å². The van der Waals surface area contributed by atoms with Gasteiger partial charge in [0.2, 0.25) is 0 Å². The highest BCUT2D eigenvalue weighted by atomic mass is 16.5. The van der Waals surface area contributed by atoms with Crippen molar-refractivity contribution >= 4 is 28.4 Å². The minimum absolute atomic E-state index is 0.00215. The summed E-state index contributed by atoms with van der Waals surface area (Å²) in [5, 5.41) is 1.06. The molecule has 31 heavy (non-hydrogen) atoms. The molecule has 2 heterocycles. The second kappa shape index (κ2) is 8.68. The Hall–Kier alpha value is -3.54. The van der Waals surface area contributed by atoms with Gasteiger partial charge in [0, 0.05) is 22.9 Å². The number of rotatable bonds is 8. The van der Waals surface area contributed by atoms with Crippen LogP contribution >= 0.6 is 0 Å². The molecule has 1 aromatic heterocycles. The largest absolute Gasteiger partial charge is 0.487 e. The predicted molar refractivity (Wildman–Crippen MR) is 117 cm³/mol. The Morgan fingerprint density at radius 1 is 1.06 bits per heavy atom. The van der Waals surface area contributed by atoms with Crippen molar-refractivity contribution in [3.63, 3.8) is 0 Å². The number of nitrogens with zero attached hydrogens (tertiary/aromatic N) is 2. The number of Topliss-reactive ketones (excluding diaryl/α,β-unsaturated/α-hetero) is 2. The molecule has 0 N–H and O–H groups in total. The topological polar surface area (TPSA) is 76.6 Å². The van der Waals surface area contributed by atoms with Gasteiger partial charge in [-0.3, -0.25) is 9.59 Å². The maximum Gasteiger partial charge on any atom is 0.255 e. The van der Waals surface area contributed by atoms with E-state index < -0.39 is 6.04 Å². The Bertz CT molecular complexity index is 1170. The monoisotopic (exact) mass is 416 g/mol. The standard InChI is InChI=1S/C25H24N2O4/c1-16(28)10-13-23(17(2)29)27-14-21-20(25(27)30)7-5-9-24(21)31-15-19-12-11-18-6-3-4-8-22(18)26-19/h3-9,11-12,23H,10,13-15H2,1-2H3. The molecular weight excluding hydrogens is 392 g/mol. The number of amides is 1. The van der Waals surface area contributed by atoms with Crippen LogP contribution in [-0.4, -0.2) is 33.4 Å². The smallest absolute Gasteiger partial charge is 0.255 e. The number of pyridine rings is 1. The fraction of sp³-hybridized carbons (Fsp3) is 0.280. The maximum atomic E-state index is 13.0. The molecule has 4 rings (SSSR count). The van der Waals surface area contributed by atoms with Gasteiger partial charge in [0.05, 0.1) is 23.8 Å². The summed E-state index contributed by atoms with van der Waals surface area (Å²) in [4.78, 5) is 42.8. The van der Waals surface area contributed by atoms with Gasteiger partial charge < -0.3 is 14.4 Å². The molecule has 0 bridgehead atoms. The number of hydrogen-bond donors (Lipinski definition) is 0. The minimum atomic E-state index is -0.612. The second-order valence-electron chi connectivity index (χ2n) is 7.87. The zero-order chi connectivity index (χ0) is 22.0. The van der Waals surface area contributed by atoms with Crippen LogP contribution in [0.1, 0.15) is 48.3 Å². The molecule has 0 aliphatic carbocycles. The van der Waals surface area contributed by atoms with E-state index in [1.54, 1.807) is 17.0 Å². The first kappa shape index (κ1) is 20.7. The molecule has 0 radical (unpaired) electrons.